The van der Waals surface area contributed by atoms with Crippen LogP contribution < -0.4 is 10.6 Å². The summed E-state index contributed by atoms with van der Waals surface area (Å²) in [7, 11) is 0. The molecule has 1 aliphatic heterocycles. The lowest BCUT2D eigenvalue weighted by atomic mass is 9.94. The third-order valence-electron chi connectivity index (χ3n) is 6.42. The third-order valence-corrected chi connectivity index (χ3v) is 6.79. The van der Waals surface area contributed by atoms with Gasteiger partial charge >= 0.3 is 0 Å². The van der Waals surface area contributed by atoms with Crippen molar-refractivity contribution in [3.05, 3.63) is 52.3 Å². The van der Waals surface area contributed by atoms with Gasteiger partial charge in [0.25, 0.3) is 11.8 Å². The average molecular weight is 458 g/mol. The van der Waals surface area contributed by atoms with Gasteiger partial charge in [-0.3, -0.25) is 19.1 Å². The maximum atomic E-state index is 13.2. The number of carbonyl (C=O) groups excluding carboxylic acids is 3. The van der Waals surface area contributed by atoms with Crippen LogP contribution in [0.4, 0.5) is 0 Å². The summed E-state index contributed by atoms with van der Waals surface area (Å²) in [5.41, 5.74) is 0.160. The van der Waals surface area contributed by atoms with Crippen LogP contribution in [0.1, 0.15) is 66.1 Å². The van der Waals surface area contributed by atoms with Gasteiger partial charge in [-0.1, -0.05) is 42.6 Å². The molecule has 170 valence electrons. The molecule has 4 rings (SSSR count). The van der Waals surface area contributed by atoms with Crippen molar-refractivity contribution in [3.63, 3.8) is 0 Å². The van der Waals surface area contributed by atoms with E-state index >= 15 is 0 Å². The molecule has 32 heavy (non-hydrogen) atoms. The van der Waals surface area contributed by atoms with Crippen molar-refractivity contribution in [3.8, 4) is 0 Å². The van der Waals surface area contributed by atoms with Crippen LogP contribution in [-0.4, -0.2) is 50.5 Å². The smallest absolute Gasteiger partial charge is 0.273 e. The van der Waals surface area contributed by atoms with Crippen LogP contribution in [0.3, 0.4) is 0 Å². The number of fused-ring (bicyclic) bond motifs is 1. The molecule has 1 aliphatic carbocycles. The highest BCUT2D eigenvalue weighted by Gasteiger charge is 2.48. The first-order valence-electron chi connectivity index (χ1n) is 11.1. The van der Waals surface area contributed by atoms with Crippen molar-refractivity contribution < 1.29 is 14.4 Å². The van der Waals surface area contributed by atoms with Crippen LogP contribution in [0.2, 0.25) is 5.02 Å². The number of benzene rings is 1. The Morgan fingerprint density at radius 1 is 1.25 bits per heavy atom. The molecule has 8 nitrogen and oxygen atoms in total. The predicted octanol–water partition coefficient (Wildman–Crippen LogP) is 2.76. The van der Waals surface area contributed by atoms with E-state index in [9.17, 15) is 14.4 Å². The molecule has 1 unspecified atom stereocenters. The van der Waals surface area contributed by atoms with Gasteiger partial charge in [-0.25, -0.2) is 0 Å². The SMILES string of the molecule is CCN1C(=O)c2cc(C(=O)NCc3ccccc3Cl)nn2CC1(C)C(=O)NC1CCCC1. The molecule has 0 bridgehead atoms. The summed E-state index contributed by atoms with van der Waals surface area (Å²) in [6, 6.07) is 8.89. The molecular formula is C23H28ClN5O3. The maximum absolute atomic E-state index is 13.2. The zero-order valence-corrected chi connectivity index (χ0v) is 19.1. The fraction of sp³-hybridized carbons (Fsp3) is 0.478. The Hall–Kier alpha value is -2.87. The highest BCUT2D eigenvalue weighted by Crippen LogP contribution is 2.28. The van der Waals surface area contributed by atoms with Crippen molar-refractivity contribution in [2.24, 2.45) is 0 Å². The molecule has 2 aliphatic rings. The van der Waals surface area contributed by atoms with Gasteiger partial charge in [-0.15, -0.1) is 0 Å². The maximum Gasteiger partial charge on any atom is 0.273 e. The Morgan fingerprint density at radius 2 is 1.97 bits per heavy atom. The molecule has 9 heteroatoms. The molecule has 1 aromatic heterocycles. The first-order chi connectivity index (χ1) is 15.3. The summed E-state index contributed by atoms with van der Waals surface area (Å²) in [6.07, 6.45) is 4.14. The van der Waals surface area contributed by atoms with E-state index < -0.39 is 11.4 Å². The Balaban J connectivity index is 1.53. The van der Waals surface area contributed by atoms with E-state index in [4.69, 9.17) is 11.6 Å². The molecule has 1 saturated carbocycles. The first kappa shape index (κ1) is 22.3. The van der Waals surface area contributed by atoms with E-state index in [-0.39, 0.29) is 36.6 Å². The standard InChI is InChI=1S/C23H28ClN5O3/c1-3-28-21(31)19-12-18(20(30)25-13-15-8-4-7-11-17(15)24)27-29(19)14-23(28,2)22(32)26-16-9-5-6-10-16/h4,7-8,11-12,16H,3,5-6,9-10,13-14H2,1-2H3,(H,25,30)(H,26,32). The van der Waals surface area contributed by atoms with Crippen LogP contribution in [0.5, 0.6) is 0 Å². The van der Waals surface area contributed by atoms with Crippen LogP contribution in [0.25, 0.3) is 0 Å². The zero-order valence-electron chi connectivity index (χ0n) is 18.4. The van der Waals surface area contributed by atoms with E-state index in [0.717, 1.165) is 31.2 Å². The monoisotopic (exact) mass is 457 g/mol. The molecule has 3 amide bonds. The predicted molar refractivity (Wildman–Crippen MR) is 120 cm³/mol. The molecular weight excluding hydrogens is 430 g/mol. The number of nitrogens with one attached hydrogen (secondary N) is 2. The quantitative estimate of drug-likeness (QED) is 0.697. The number of hydrogen-bond acceptors (Lipinski definition) is 4. The number of rotatable bonds is 6. The van der Waals surface area contributed by atoms with E-state index in [0.29, 0.717) is 17.3 Å². The van der Waals surface area contributed by atoms with Crippen molar-refractivity contribution in [2.45, 2.75) is 64.2 Å². The lowest BCUT2D eigenvalue weighted by molar-refractivity contribution is -0.133. The van der Waals surface area contributed by atoms with Gasteiger partial charge < -0.3 is 15.5 Å². The molecule has 0 spiro atoms. The molecule has 2 aromatic rings. The summed E-state index contributed by atoms with van der Waals surface area (Å²) in [4.78, 5) is 40.7. The average Bonchev–Trinajstić information content (AvgIpc) is 3.43. The summed E-state index contributed by atoms with van der Waals surface area (Å²) in [5, 5.41) is 10.8. The van der Waals surface area contributed by atoms with E-state index in [1.54, 1.807) is 17.9 Å². The number of aromatic nitrogens is 2. The van der Waals surface area contributed by atoms with Gasteiger partial charge in [0.2, 0.25) is 5.91 Å². The topological polar surface area (TPSA) is 96.3 Å². The Kier molecular flexibility index (Phi) is 6.24. The van der Waals surface area contributed by atoms with Crippen molar-refractivity contribution in [1.29, 1.82) is 0 Å². The minimum Gasteiger partial charge on any atom is -0.351 e. The fourth-order valence-corrected chi connectivity index (χ4v) is 4.77. The van der Waals surface area contributed by atoms with Gasteiger partial charge in [0.15, 0.2) is 5.69 Å². The minimum absolute atomic E-state index is 0.136. The molecule has 0 radical (unpaired) electrons. The van der Waals surface area contributed by atoms with Gasteiger partial charge in [0.1, 0.15) is 11.2 Å². The van der Waals surface area contributed by atoms with Crippen LogP contribution >= 0.6 is 11.6 Å². The second-order valence-electron chi connectivity index (χ2n) is 8.62. The fourth-order valence-electron chi connectivity index (χ4n) is 4.57. The highest BCUT2D eigenvalue weighted by molar-refractivity contribution is 6.31. The molecule has 2 N–H and O–H groups in total. The van der Waals surface area contributed by atoms with Gasteiger partial charge in [-0.2, -0.15) is 5.10 Å². The van der Waals surface area contributed by atoms with Gasteiger partial charge in [0.05, 0.1) is 6.54 Å². The van der Waals surface area contributed by atoms with Crippen LogP contribution in [0, 0.1) is 0 Å². The zero-order chi connectivity index (χ0) is 22.9. The summed E-state index contributed by atoms with van der Waals surface area (Å²) in [5.74, 6) is -0.884. The second kappa shape index (κ2) is 8.94. The molecule has 2 heterocycles. The largest absolute Gasteiger partial charge is 0.351 e. The molecule has 0 saturated heterocycles. The minimum atomic E-state index is -1.07. The number of hydrogen-bond donors (Lipinski definition) is 2. The summed E-state index contributed by atoms with van der Waals surface area (Å²) < 4.78 is 1.48. The number of carbonyl (C=O) groups is 3. The van der Waals surface area contributed by atoms with Crippen molar-refractivity contribution in [1.82, 2.24) is 25.3 Å². The molecule has 1 aromatic carbocycles. The Morgan fingerprint density at radius 3 is 2.66 bits per heavy atom. The Labute approximate surface area is 192 Å². The first-order valence-corrected chi connectivity index (χ1v) is 11.4. The third kappa shape index (κ3) is 4.11. The van der Waals surface area contributed by atoms with Crippen molar-refractivity contribution in [2.75, 3.05) is 6.54 Å². The highest BCUT2D eigenvalue weighted by atomic mass is 35.5. The van der Waals surface area contributed by atoms with E-state index in [2.05, 4.69) is 15.7 Å². The lowest BCUT2D eigenvalue weighted by Crippen LogP contribution is -2.64. The number of halogens is 1. The van der Waals surface area contributed by atoms with Gasteiger partial charge in [0, 0.05) is 30.2 Å². The number of nitrogens with zero attached hydrogens (tertiary/aromatic N) is 3. The van der Waals surface area contributed by atoms with Crippen LogP contribution in [-0.2, 0) is 17.9 Å². The lowest BCUT2D eigenvalue weighted by Gasteiger charge is -2.43. The summed E-state index contributed by atoms with van der Waals surface area (Å²) >= 11 is 6.15. The summed E-state index contributed by atoms with van der Waals surface area (Å²) in [6.45, 7) is 4.44. The molecule has 1 atom stereocenters. The van der Waals surface area contributed by atoms with Gasteiger partial charge in [-0.05, 0) is 38.3 Å². The number of likely N-dealkylation sites (N-methyl/N-ethyl adjacent to an activating group) is 1. The molecule has 1 fully saturated rings. The normalized spacial score (nSPS) is 20.8. The van der Waals surface area contributed by atoms with Crippen LogP contribution in [0.15, 0.2) is 30.3 Å². The van der Waals surface area contributed by atoms with E-state index in [1.807, 2.05) is 25.1 Å². The Bertz CT molecular complexity index is 1050. The second-order valence-corrected chi connectivity index (χ2v) is 9.03. The number of amides is 3. The van der Waals surface area contributed by atoms with Crippen molar-refractivity contribution >= 4 is 29.3 Å². The van der Waals surface area contributed by atoms with E-state index in [1.165, 1.54) is 10.7 Å².